The Bertz CT molecular complexity index is 497. The number of aryl methyl sites for hydroxylation is 1. The Labute approximate surface area is 115 Å². The SMILES string of the molecule is Cc1ccn(Cc2ccc(CCNC(C)C)cc2)n1. The summed E-state index contributed by atoms with van der Waals surface area (Å²) in [5, 5.41) is 7.84. The summed E-state index contributed by atoms with van der Waals surface area (Å²) in [6, 6.07) is 11.4. The van der Waals surface area contributed by atoms with Crippen molar-refractivity contribution in [3.63, 3.8) is 0 Å². The standard InChI is InChI=1S/C16H23N3/c1-13(2)17-10-8-15-4-6-16(7-5-15)12-19-11-9-14(3)18-19/h4-7,9,11,13,17H,8,10,12H2,1-3H3. The molecular weight excluding hydrogens is 234 g/mol. The first-order chi connectivity index (χ1) is 9.13. The average Bonchev–Trinajstić information content (AvgIpc) is 2.77. The van der Waals surface area contributed by atoms with Crippen LogP contribution in [0, 0.1) is 6.92 Å². The van der Waals surface area contributed by atoms with Crippen LogP contribution >= 0.6 is 0 Å². The van der Waals surface area contributed by atoms with Crippen LogP contribution in [-0.4, -0.2) is 22.4 Å². The van der Waals surface area contributed by atoms with Crippen LogP contribution in [0.15, 0.2) is 36.5 Å². The van der Waals surface area contributed by atoms with Gasteiger partial charge < -0.3 is 5.32 Å². The maximum absolute atomic E-state index is 4.40. The monoisotopic (exact) mass is 257 g/mol. The van der Waals surface area contributed by atoms with Crippen LogP contribution in [0.3, 0.4) is 0 Å². The van der Waals surface area contributed by atoms with Crippen molar-refractivity contribution >= 4 is 0 Å². The van der Waals surface area contributed by atoms with Crippen molar-refractivity contribution in [3.05, 3.63) is 53.3 Å². The zero-order chi connectivity index (χ0) is 13.7. The Morgan fingerprint density at radius 2 is 1.79 bits per heavy atom. The highest BCUT2D eigenvalue weighted by atomic mass is 15.3. The number of rotatable bonds is 6. The summed E-state index contributed by atoms with van der Waals surface area (Å²) >= 11 is 0. The van der Waals surface area contributed by atoms with Crippen LogP contribution in [0.4, 0.5) is 0 Å². The van der Waals surface area contributed by atoms with E-state index in [0.29, 0.717) is 6.04 Å². The fraction of sp³-hybridized carbons (Fsp3) is 0.438. The second-order valence-corrected chi connectivity index (χ2v) is 5.33. The summed E-state index contributed by atoms with van der Waals surface area (Å²) in [5.41, 5.74) is 3.74. The smallest absolute Gasteiger partial charge is 0.0659 e. The van der Waals surface area contributed by atoms with E-state index in [2.05, 4.69) is 48.5 Å². The highest BCUT2D eigenvalue weighted by Crippen LogP contribution is 2.07. The average molecular weight is 257 g/mol. The van der Waals surface area contributed by atoms with E-state index in [1.165, 1.54) is 11.1 Å². The van der Waals surface area contributed by atoms with E-state index >= 15 is 0 Å². The summed E-state index contributed by atoms with van der Waals surface area (Å²) in [6.45, 7) is 8.25. The minimum absolute atomic E-state index is 0.558. The molecule has 1 N–H and O–H groups in total. The molecule has 0 radical (unpaired) electrons. The van der Waals surface area contributed by atoms with E-state index < -0.39 is 0 Å². The normalized spacial score (nSPS) is 11.2. The van der Waals surface area contributed by atoms with Crippen LogP contribution in [0.1, 0.15) is 30.7 Å². The minimum atomic E-state index is 0.558. The zero-order valence-corrected chi connectivity index (χ0v) is 12.1. The number of benzene rings is 1. The van der Waals surface area contributed by atoms with Gasteiger partial charge in [-0.05, 0) is 37.1 Å². The Morgan fingerprint density at radius 3 is 2.37 bits per heavy atom. The molecule has 0 amide bonds. The van der Waals surface area contributed by atoms with Crippen LogP contribution in [-0.2, 0) is 13.0 Å². The van der Waals surface area contributed by atoms with E-state index in [-0.39, 0.29) is 0 Å². The van der Waals surface area contributed by atoms with Gasteiger partial charge >= 0.3 is 0 Å². The predicted molar refractivity (Wildman–Crippen MR) is 79.4 cm³/mol. The van der Waals surface area contributed by atoms with Gasteiger partial charge in [0.2, 0.25) is 0 Å². The van der Waals surface area contributed by atoms with Crippen molar-refractivity contribution in [1.82, 2.24) is 15.1 Å². The van der Waals surface area contributed by atoms with E-state index in [1.54, 1.807) is 0 Å². The Morgan fingerprint density at radius 1 is 1.11 bits per heavy atom. The highest BCUT2D eigenvalue weighted by molar-refractivity contribution is 5.23. The first-order valence-corrected chi connectivity index (χ1v) is 6.95. The molecule has 1 aromatic heterocycles. The quantitative estimate of drug-likeness (QED) is 0.862. The molecule has 1 aromatic carbocycles. The van der Waals surface area contributed by atoms with Crippen molar-refractivity contribution in [2.24, 2.45) is 0 Å². The van der Waals surface area contributed by atoms with E-state index in [4.69, 9.17) is 0 Å². The third kappa shape index (κ3) is 4.52. The Balaban J connectivity index is 1.87. The maximum atomic E-state index is 4.40. The molecule has 0 saturated carbocycles. The molecule has 0 aliphatic rings. The largest absolute Gasteiger partial charge is 0.314 e. The first-order valence-electron chi connectivity index (χ1n) is 6.95. The van der Waals surface area contributed by atoms with Gasteiger partial charge in [0.1, 0.15) is 0 Å². The zero-order valence-electron chi connectivity index (χ0n) is 12.1. The molecule has 3 heteroatoms. The molecule has 1 heterocycles. The second kappa shape index (κ2) is 6.53. The Hall–Kier alpha value is -1.61. The first kappa shape index (κ1) is 13.8. The van der Waals surface area contributed by atoms with Gasteiger partial charge in [-0.1, -0.05) is 38.1 Å². The third-order valence-corrected chi connectivity index (χ3v) is 3.11. The minimum Gasteiger partial charge on any atom is -0.314 e. The van der Waals surface area contributed by atoms with E-state index in [0.717, 1.165) is 25.2 Å². The lowest BCUT2D eigenvalue weighted by Crippen LogP contribution is -2.24. The number of aromatic nitrogens is 2. The van der Waals surface area contributed by atoms with Crippen molar-refractivity contribution in [2.45, 2.75) is 39.8 Å². The van der Waals surface area contributed by atoms with Crippen molar-refractivity contribution in [2.75, 3.05) is 6.54 Å². The third-order valence-electron chi connectivity index (χ3n) is 3.11. The van der Waals surface area contributed by atoms with Crippen molar-refractivity contribution < 1.29 is 0 Å². The van der Waals surface area contributed by atoms with Gasteiger partial charge in [0.25, 0.3) is 0 Å². The molecule has 0 bridgehead atoms. The highest BCUT2D eigenvalue weighted by Gasteiger charge is 1.99. The molecule has 0 aliphatic heterocycles. The second-order valence-electron chi connectivity index (χ2n) is 5.33. The summed E-state index contributed by atoms with van der Waals surface area (Å²) in [7, 11) is 0. The molecule has 2 aromatic rings. The molecule has 0 saturated heterocycles. The van der Waals surface area contributed by atoms with Gasteiger partial charge in [-0.15, -0.1) is 0 Å². The van der Waals surface area contributed by atoms with Gasteiger partial charge in [0.05, 0.1) is 12.2 Å². The fourth-order valence-corrected chi connectivity index (χ4v) is 2.05. The van der Waals surface area contributed by atoms with Crippen molar-refractivity contribution in [1.29, 1.82) is 0 Å². The molecule has 19 heavy (non-hydrogen) atoms. The van der Waals surface area contributed by atoms with Gasteiger partial charge in [-0.25, -0.2) is 0 Å². The maximum Gasteiger partial charge on any atom is 0.0659 e. The van der Waals surface area contributed by atoms with Crippen LogP contribution in [0.2, 0.25) is 0 Å². The number of nitrogens with zero attached hydrogens (tertiary/aromatic N) is 2. The summed E-state index contributed by atoms with van der Waals surface area (Å²) in [6.07, 6.45) is 3.11. The molecule has 0 atom stereocenters. The predicted octanol–water partition coefficient (Wildman–Crippen LogP) is 2.78. The molecule has 3 nitrogen and oxygen atoms in total. The molecule has 0 aliphatic carbocycles. The van der Waals surface area contributed by atoms with Crippen LogP contribution in [0.5, 0.6) is 0 Å². The molecule has 2 rings (SSSR count). The van der Waals surface area contributed by atoms with Crippen molar-refractivity contribution in [3.8, 4) is 0 Å². The topological polar surface area (TPSA) is 29.9 Å². The molecular formula is C16H23N3. The van der Waals surface area contributed by atoms with Crippen LogP contribution in [0.25, 0.3) is 0 Å². The molecule has 0 spiro atoms. The lowest BCUT2D eigenvalue weighted by Gasteiger charge is -2.08. The Kier molecular flexibility index (Phi) is 4.74. The summed E-state index contributed by atoms with van der Waals surface area (Å²) < 4.78 is 1.98. The fourth-order valence-electron chi connectivity index (χ4n) is 2.05. The van der Waals surface area contributed by atoms with E-state index in [1.807, 2.05) is 23.9 Å². The lowest BCUT2D eigenvalue weighted by molar-refractivity contribution is 0.590. The molecule has 0 fully saturated rings. The molecule has 102 valence electrons. The number of hydrogen-bond acceptors (Lipinski definition) is 2. The van der Waals surface area contributed by atoms with Gasteiger partial charge in [-0.3, -0.25) is 4.68 Å². The number of hydrogen-bond donors (Lipinski definition) is 1. The molecule has 0 unspecified atom stereocenters. The van der Waals surface area contributed by atoms with Crippen LogP contribution < -0.4 is 5.32 Å². The summed E-state index contributed by atoms with van der Waals surface area (Å²) in [5.74, 6) is 0. The van der Waals surface area contributed by atoms with E-state index in [9.17, 15) is 0 Å². The van der Waals surface area contributed by atoms with Gasteiger partial charge in [-0.2, -0.15) is 5.10 Å². The summed E-state index contributed by atoms with van der Waals surface area (Å²) in [4.78, 5) is 0. The number of nitrogens with one attached hydrogen (secondary N) is 1. The lowest BCUT2D eigenvalue weighted by atomic mass is 10.1. The van der Waals surface area contributed by atoms with Gasteiger partial charge in [0, 0.05) is 12.2 Å². The van der Waals surface area contributed by atoms with Gasteiger partial charge in [0.15, 0.2) is 0 Å².